The Hall–Kier alpha value is -2.75. The van der Waals surface area contributed by atoms with Crippen molar-refractivity contribution in [2.45, 2.75) is 13.3 Å². The molecule has 128 valence electrons. The van der Waals surface area contributed by atoms with Crippen molar-refractivity contribution in [3.63, 3.8) is 0 Å². The Labute approximate surface area is 144 Å². The number of halogens is 3. The Kier molecular flexibility index (Phi) is 4.79. The molecule has 3 rings (SSSR count). The van der Waals surface area contributed by atoms with Gasteiger partial charge >= 0.3 is 0 Å². The summed E-state index contributed by atoms with van der Waals surface area (Å²) < 4.78 is 47.0. The van der Waals surface area contributed by atoms with Crippen molar-refractivity contribution in [2.24, 2.45) is 0 Å². The third-order valence-electron chi connectivity index (χ3n) is 4.22. The van der Waals surface area contributed by atoms with Crippen LogP contribution in [0.2, 0.25) is 0 Å². The molecule has 3 aromatic carbocycles. The van der Waals surface area contributed by atoms with Gasteiger partial charge < -0.3 is 4.74 Å². The lowest BCUT2D eigenvalue weighted by Crippen LogP contribution is -1.95. The molecular formula is C21H17F3O. The first-order chi connectivity index (χ1) is 12.0. The van der Waals surface area contributed by atoms with Gasteiger partial charge in [0.05, 0.1) is 7.11 Å². The first-order valence-electron chi connectivity index (χ1n) is 7.96. The summed E-state index contributed by atoms with van der Waals surface area (Å²) >= 11 is 0. The van der Waals surface area contributed by atoms with E-state index in [2.05, 4.69) is 0 Å². The Morgan fingerprint density at radius 2 is 1.40 bits per heavy atom. The van der Waals surface area contributed by atoms with Crippen LogP contribution in [-0.4, -0.2) is 7.11 Å². The van der Waals surface area contributed by atoms with E-state index in [9.17, 15) is 13.2 Å². The summed E-state index contributed by atoms with van der Waals surface area (Å²) in [6.45, 7) is 1.78. The van der Waals surface area contributed by atoms with E-state index in [-0.39, 0.29) is 11.3 Å². The minimum atomic E-state index is -0.845. The van der Waals surface area contributed by atoms with Gasteiger partial charge in [-0.25, -0.2) is 13.2 Å². The number of rotatable bonds is 4. The van der Waals surface area contributed by atoms with Crippen molar-refractivity contribution in [3.8, 4) is 28.0 Å². The zero-order valence-corrected chi connectivity index (χ0v) is 13.9. The molecule has 0 heterocycles. The second-order valence-corrected chi connectivity index (χ2v) is 5.68. The van der Waals surface area contributed by atoms with Crippen LogP contribution >= 0.6 is 0 Å². The predicted molar refractivity (Wildman–Crippen MR) is 93.1 cm³/mol. The summed E-state index contributed by atoms with van der Waals surface area (Å²) in [4.78, 5) is 0. The highest BCUT2D eigenvalue weighted by atomic mass is 19.2. The first kappa shape index (κ1) is 17.1. The lowest BCUT2D eigenvalue weighted by Gasteiger charge is -2.09. The average molecular weight is 342 g/mol. The van der Waals surface area contributed by atoms with Crippen molar-refractivity contribution < 1.29 is 17.9 Å². The van der Waals surface area contributed by atoms with E-state index in [4.69, 9.17) is 4.74 Å². The van der Waals surface area contributed by atoms with E-state index in [0.29, 0.717) is 23.1 Å². The van der Waals surface area contributed by atoms with Gasteiger partial charge in [-0.05, 0) is 40.8 Å². The highest BCUT2D eigenvalue weighted by molar-refractivity contribution is 5.71. The molecule has 0 aliphatic carbocycles. The summed E-state index contributed by atoms with van der Waals surface area (Å²) in [6.07, 6.45) is 0.436. The Morgan fingerprint density at radius 3 is 2.00 bits per heavy atom. The molecule has 25 heavy (non-hydrogen) atoms. The number of methoxy groups -OCH3 is 1. The van der Waals surface area contributed by atoms with Crippen LogP contribution in [0.5, 0.6) is 5.75 Å². The number of aryl methyl sites for hydroxylation is 1. The minimum Gasteiger partial charge on any atom is -0.494 e. The van der Waals surface area contributed by atoms with Crippen molar-refractivity contribution >= 4 is 0 Å². The normalized spacial score (nSPS) is 10.8. The van der Waals surface area contributed by atoms with Crippen molar-refractivity contribution in [3.05, 3.63) is 77.6 Å². The number of ether oxygens (including phenoxy) is 1. The molecule has 0 aliphatic heterocycles. The van der Waals surface area contributed by atoms with Crippen LogP contribution in [0.1, 0.15) is 12.5 Å². The third-order valence-corrected chi connectivity index (χ3v) is 4.22. The van der Waals surface area contributed by atoms with Crippen LogP contribution in [0.15, 0.2) is 54.6 Å². The smallest absolute Gasteiger partial charge is 0.166 e. The standard InChI is InChI=1S/C21H17F3O/c1-3-13-8-10-17(21(24)20(13)23)15-6-4-14(5-7-15)16-9-11-19(25-2)18(22)12-16/h4-12H,3H2,1-2H3. The lowest BCUT2D eigenvalue weighted by atomic mass is 9.98. The quantitative estimate of drug-likeness (QED) is 0.564. The zero-order valence-electron chi connectivity index (χ0n) is 13.9. The van der Waals surface area contributed by atoms with Crippen molar-refractivity contribution in [1.82, 2.24) is 0 Å². The SMILES string of the molecule is CCc1ccc(-c2ccc(-c3ccc(OC)c(F)c3)cc2)c(F)c1F. The molecule has 0 saturated heterocycles. The molecule has 0 fully saturated rings. The number of hydrogen-bond donors (Lipinski definition) is 0. The topological polar surface area (TPSA) is 9.23 Å². The van der Waals surface area contributed by atoms with E-state index in [1.807, 2.05) is 0 Å². The van der Waals surface area contributed by atoms with Gasteiger partial charge in [-0.15, -0.1) is 0 Å². The summed E-state index contributed by atoms with van der Waals surface area (Å²) in [6, 6.07) is 14.7. The second kappa shape index (κ2) is 7.01. The maximum Gasteiger partial charge on any atom is 0.166 e. The van der Waals surface area contributed by atoms with Crippen LogP contribution in [0.3, 0.4) is 0 Å². The molecule has 0 spiro atoms. The van der Waals surface area contributed by atoms with E-state index >= 15 is 0 Å². The van der Waals surface area contributed by atoms with E-state index in [1.54, 1.807) is 55.5 Å². The summed E-state index contributed by atoms with van der Waals surface area (Å²) in [5.41, 5.74) is 2.58. The van der Waals surface area contributed by atoms with Gasteiger partial charge in [-0.2, -0.15) is 0 Å². The summed E-state index contributed by atoms with van der Waals surface area (Å²) in [5.74, 6) is -1.93. The third kappa shape index (κ3) is 3.25. The molecule has 0 bridgehead atoms. The lowest BCUT2D eigenvalue weighted by molar-refractivity contribution is 0.386. The molecule has 0 aromatic heterocycles. The van der Waals surface area contributed by atoms with Crippen molar-refractivity contribution in [1.29, 1.82) is 0 Å². The molecule has 0 radical (unpaired) electrons. The van der Waals surface area contributed by atoms with Crippen LogP contribution in [-0.2, 0) is 6.42 Å². The molecule has 0 unspecified atom stereocenters. The van der Waals surface area contributed by atoms with Crippen LogP contribution in [0.25, 0.3) is 22.3 Å². The van der Waals surface area contributed by atoms with Gasteiger partial charge in [0, 0.05) is 5.56 Å². The first-order valence-corrected chi connectivity index (χ1v) is 7.96. The van der Waals surface area contributed by atoms with E-state index < -0.39 is 17.5 Å². The van der Waals surface area contributed by atoms with Gasteiger partial charge in [-0.3, -0.25) is 0 Å². The number of benzene rings is 3. The highest BCUT2D eigenvalue weighted by Crippen LogP contribution is 2.30. The predicted octanol–water partition coefficient (Wildman–Crippen LogP) is 6.01. The summed E-state index contributed by atoms with van der Waals surface area (Å²) in [7, 11) is 1.41. The maximum atomic E-state index is 14.3. The van der Waals surface area contributed by atoms with E-state index in [1.165, 1.54) is 13.2 Å². The Balaban J connectivity index is 1.95. The molecule has 0 N–H and O–H groups in total. The van der Waals surface area contributed by atoms with Gasteiger partial charge in [-0.1, -0.05) is 49.4 Å². The maximum absolute atomic E-state index is 14.3. The Bertz CT molecular complexity index is 902. The Morgan fingerprint density at radius 1 is 0.760 bits per heavy atom. The van der Waals surface area contributed by atoms with Crippen LogP contribution in [0, 0.1) is 17.5 Å². The number of hydrogen-bond acceptors (Lipinski definition) is 1. The van der Waals surface area contributed by atoms with Gasteiger partial charge in [0.15, 0.2) is 23.2 Å². The molecule has 0 aliphatic rings. The fourth-order valence-electron chi connectivity index (χ4n) is 2.77. The average Bonchev–Trinajstić information content (AvgIpc) is 2.64. The van der Waals surface area contributed by atoms with Crippen LogP contribution < -0.4 is 4.74 Å². The zero-order chi connectivity index (χ0) is 18.0. The minimum absolute atomic E-state index is 0.175. The van der Waals surface area contributed by atoms with Crippen LogP contribution in [0.4, 0.5) is 13.2 Å². The van der Waals surface area contributed by atoms with Gasteiger partial charge in [0.2, 0.25) is 0 Å². The van der Waals surface area contributed by atoms with E-state index in [0.717, 1.165) is 5.56 Å². The molecule has 0 atom stereocenters. The highest BCUT2D eigenvalue weighted by Gasteiger charge is 2.14. The molecule has 0 amide bonds. The fraction of sp³-hybridized carbons (Fsp3) is 0.143. The van der Waals surface area contributed by atoms with Crippen molar-refractivity contribution in [2.75, 3.05) is 7.11 Å². The monoisotopic (exact) mass is 342 g/mol. The molecule has 0 saturated carbocycles. The largest absolute Gasteiger partial charge is 0.494 e. The molecule has 3 aromatic rings. The summed E-state index contributed by atoms with van der Waals surface area (Å²) in [5, 5.41) is 0. The molecular weight excluding hydrogens is 325 g/mol. The fourth-order valence-corrected chi connectivity index (χ4v) is 2.77. The second-order valence-electron chi connectivity index (χ2n) is 5.68. The van der Waals surface area contributed by atoms with Gasteiger partial charge in [0.1, 0.15) is 0 Å². The van der Waals surface area contributed by atoms with Gasteiger partial charge in [0.25, 0.3) is 0 Å². The molecule has 4 heteroatoms. The molecule has 1 nitrogen and oxygen atoms in total.